The number of rotatable bonds is 8. The molecule has 0 spiro atoms. The SMILES string of the molecule is O=C(O)CN1C(=O)CCc2cc(SCc3cccc(OCc4ccc(C(F)(F)F)cc4)c3)ccc21. The number of fused-ring (bicyclic) bond motifs is 1. The third-order valence-electron chi connectivity index (χ3n) is 5.54. The molecule has 182 valence electrons. The van der Waals surface area contributed by atoms with Gasteiger partial charge >= 0.3 is 12.1 Å². The summed E-state index contributed by atoms with van der Waals surface area (Å²) in [4.78, 5) is 25.5. The molecule has 0 aromatic heterocycles. The Hall–Kier alpha value is -3.46. The first kappa shape index (κ1) is 24.7. The largest absolute Gasteiger partial charge is 0.489 e. The lowest BCUT2D eigenvalue weighted by Crippen LogP contribution is -2.38. The van der Waals surface area contributed by atoms with Crippen molar-refractivity contribution in [2.75, 3.05) is 11.4 Å². The number of carbonyl (C=O) groups excluding carboxylic acids is 1. The molecule has 0 unspecified atom stereocenters. The van der Waals surface area contributed by atoms with E-state index in [9.17, 15) is 22.8 Å². The first-order valence-corrected chi connectivity index (χ1v) is 11.8. The van der Waals surface area contributed by atoms with E-state index in [2.05, 4.69) is 0 Å². The number of halogens is 3. The zero-order valence-corrected chi connectivity index (χ0v) is 19.4. The zero-order valence-electron chi connectivity index (χ0n) is 18.5. The van der Waals surface area contributed by atoms with Crippen molar-refractivity contribution in [2.24, 2.45) is 0 Å². The fraction of sp³-hybridized carbons (Fsp3) is 0.231. The zero-order chi connectivity index (χ0) is 25.0. The highest BCUT2D eigenvalue weighted by atomic mass is 32.2. The molecule has 4 rings (SSSR count). The standard InChI is InChI=1S/C26H22F3NO4S/c27-26(28,29)20-7-4-17(5-8-20)15-34-21-3-1-2-18(12-21)16-35-22-9-10-23-19(13-22)6-11-24(31)30(23)14-25(32)33/h1-5,7-10,12-13H,6,11,14-16H2,(H,32,33). The smallest absolute Gasteiger partial charge is 0.416 e. The summed E-state index contributed by atoms with van der Waals surface area (Å²) in [6, 6.07) is 18.1. The minimum atomic E-state index is -4.36. The molecule has 35 heavy (non-hydrogen) atoms. The molecule has 1 heterocycles. The van der Waals surface area contributed by atoms with E-state index in [1.807, 2.05) is 30.3 Å². The van der Waals surface area contributed by atoms with Gasteiger partial charge in [0, 0.05) is 22.8 Å². The van der Waals surface area contributed by atoms with E-state index in [1.165, 1.54) is 17.0 Å². The highest BCUT2D eigenvalue weighted by Crippen LogP contribution is 2.33. The van der Waals surface area contributed by atoms with Gasteiger partial charge in [-0.15, -0.1) is 11.8 Å². The highest BCUT2D eigenvalue weighted by molar-refractivity contribution is 7.98. The molecule has 0 saturated heterocycles. The Morgan fingerprint density at radius 2 is 1.77 bits per heavy atom. The van der Waals surface area contributed by atoms with Gasteiger partial charge in [0.05, 0.1) is 5.56 Å². The van der Waals surface area contributed by atoms with Crippen LogP contribution in [0.5, 0.6) is 5.75 Å². The molecule has 3 aromatic rings. The highest BCUT2D eigenvalue weighted by Gasteiger charge is 2.30. The van der Waals surface area contributed by atoms with Crippen LogP contribution in [0.1, 0.15) is 28.7 Å². The Labute approximate surface area is 204 Å². The van der Waals surface area contributed by atoms with Crippen LogP contribution in [-0.2, 0) is 34.5 Å². The second kappa shape index (κ2) is 10.4. The number of anilines is 1. The molecule has 0 saturated carbocycles. The van der Waals surface area contributed by atoms with Crippen molar-refractivity contribution >= 4 is 29.3 Å². The topological polar surface area (TPSA) is 66.8 Å². The van der Waals surface area contributed by atoms with Crippen molar-refractivity contribution in [3.8, 4) is 5.75 Å². The number of ether oxygens (including phenoxy) is 1. The van der Waals surface area contributed by atoms with E-state index < -0.39 is 17.7 Å². The Balaban J connectivity index is 1.36. The fourth-order valence-electron chi connectivity index (χ4n) is 3.78. The third kappa shape index (κ3) is 6.36. The molecule has 1 aliphatic heterocycles. The number of carbonyl (C=O) groups is 2. The fourth-order valence-corrected chi connectivity index (χ4v) is 4.69. The average molecular weight is 502 g/mol. The van der Waals surface area contributed by atoms with Crippen molar-refractivity contribution in [2.45, 2.75) is 36.3 Å². The lowest BCUT2D eigenvalue weighted by Gasteiger charge is -2.28. The number of nitrogens with zero attached hydrogens (tertiary/aromatic N) is 1. The number of carboxylic acid groups (broad SMARTS) is 1. The number of alkyl halides is 3. The lowest BCUT2D eigenvalue weighted by atomic mass is 10.0. The van der Waals surface area contributed by atoms with Crippen LogP contribution in [0.15, 0.2) is 71.6 Å². The summed E-state index contributed by atoms with van der Waals surface area (Å²) in [7, 11) is 0. The summed E-state index contributed by atoms with van der Waals surface area (Å²) in [6.07, 6.45) is -3.50. The van der Waals surface area contributed by atoms with E-state index >= 15 is 0 Å². The maximum absolute atomic E-state index is 12.7. The van der Waals surface area contributed by atoms with Crippen LogP contribution in [0.3, 0.4) is 0 Å². The summed E-state index contributed by atoms with van der Waals surface area (Å²) >= 11 is 1.61. The van der Waals surface area contributed by atoms with Gasteiger partial charge in [0.1, 0.15) is 18.9 Å². The molecule has 0 aliphatic carbocycles. The average Bonchev–Trinajstić information content (AvgIpc) is 2.83. The van der Waals surface area contributed by atoms with Gasteiger partial charge in [-0.05, 0) is 65.6 Å². The molecule has 3 aromatic carbocycles. The van der Waals surface area contributed by atoms with Gasteiger partial charge in [0.2, 0.25) is 5.91 Å². The number of benzene rings is 3. The second-order valence-electron chi connectivity index (χ2n) is 8.08. The second-order valence-corrected chi connectivity index (χ2v) is 9.13. The summed E-state index contributed by atoms with van der Waals surface area (Å²) in [5.74, 6) is 0.0448. The molecule has 0 atom stereocenters. The van der Waals surface area contributed by atoms with Gasteiger partial charge in [0.25, 0.3) is 0 Å². The van der Waals surface area contributed by atoms with Gasteiger partial charge < -0.3 is 14.7 Å². The Bertz CT molecular complexity index is 1230. The number of hydrogen-bond donors (Lipinski definition) is 1. The van der Waals surface area contributed by atoms with E-state index in [0.717, 1.165) is 28.2 Å². The van der Waals surface area contributed by atoms with Crippen LogP contribution in [-0.4, -0.2) is 23.5 Å². The quantitative estimate of drug-likeness (QED) is 0.387. The van der Waals surface area contributed by atoms with Crippen molar-refractivity contribution in [3.63, 3.8) is 0 Å². The van der Waals surface area contributed by atoms with Crippen LogP contribution in [0, 0.1) is 0 Å². The number of amides is 1. The Morgan fingerprint density at radius 3 is 2.49 bits per heavy atom. The van der Waals surface area contributed by atoms with E-state index in [0.29, 0.717) is 29.2 Å². The Kier molecular flexibility index (Phi) is 7.35. The van der Waals surface area contributed by atoms with Gasteiger partial charge in [-0.3, -0.25) is 9.59 Å². The summed E-state index contributed by atoms with van der Waals surface area (Å²) < 4.78 is 43.9. The molecule has 5 nitrogen and oxygen atoms in total. The molecule has 1 amide bonds. The first-order chi connectivity index (χ1) is 16.7. The number of hydrogen-bond acceptors (Lipinski definition) is 4. The normalized spacial score (nSPS) is 13.5. The molecule has 1 aliphatic rings. The Morgan fingerprint density at radius 1 is 1.00 bits per heavy atom. The molecular weight excluding hydrogens is 479 g/mol. The van der Waals surface area contributed by atoms with Crippen molar-refractivity contribution in [3.05, 3.63) is 89.0 Å². The van der Waals surface area contributed by atoms with E-state index in [1.54, 1.807) is 23.9 Å². The molecule has 0 bridgehead atoms. The predicted molar refractivity (Wildman–Crippen MR) is 127 cm³/mol. The molecule has 9 heteroatoms. The van der Waals surface area contributed by atoms with Crippen LogP contribution in [0.4, 0.5) is 18.9 Å². The van der Waals surface area contributed by atoms with E-state index in [4.69, 9.17) is 9.84 Å². The van der Waals surface area contributed by atoms with Gasteiger partial charge in [-0.1, -0.05) is 24.3 Å². The number of thioether (sulfide) groups is 1. The van der Waals surface area contributed by atoms with Crippen molar-refractivity contribution < 1.29 is 32.6 Å². The van der Waals surface area contributed by atoms with Crippen LogP contribution < -0.4 is 9.64 Å². The summed E-state index contributed by atoms with van der Waals surface area (Å²) in [5, 5.41) is 9.09. The van der Waals surface area contributed by atoms with Crippen molar-refractivity contribution in [1.82, 2.24) is 0 Å². The summed E-state index contributed by atoms with van der Waals surface area (Å²) in [6.45, 7) is -0.192. The lowest BCUT2D eigenvalue weighted by molar-refractivity contribution is -0.138. The van der Waals surface area contributed by atoms with E-state index in [-0.39, 0.29) is 25.5 Å². The number of aryl methyl sites for hydroxylation is 1. The maximum Gasteiger partial charge on any atom is 0.416 e. The van der Waals surface area contributed by atoms with Crippen LogP contribution >= 0.6 is 11.8 Å². The minimum absolute atomic E-state index is 0.158. The van der Waals surface area contributed by atoms with Crippen molar-refractivity contribution in [1.29, 1.82) is 0 Å². The minimum Gasteiger partial charge on any atom is -0.489 e. The molecule has 1 N–H and O–H groups in total. The number of aliphatic carboxylic acids is 1. The first-order valence-electron chi connectivity index (χ1n) is 10.8. The molecular formula is C26H22F3NO4S. The predicted octanol–water partition coefficient (Wildman–Crippen LogP) is 5.94. The maximum atomic E-state index is 12.7. The van der Waals surface area contributed by atoms with Gasteiger partial charge in [-0.2, -0.15) is 13.2 Å². The van der Waals surface area contributed by atoms with Crippen LogP contribution in [0.2, 0.25) is 0 Å². The van der Waals surface area contributed by atoms with Gasteiger partial charge in [0.15, 0.2) is 0 Å². The monoisotopic (exact) mass is 501 g/mol. The number of carboxylic acids is 1. The summed E-state index contributed by atoms with van der Waals surface area (Å²) in [5.41, 5.74) is 2.56. The van der Waals surface area contributed by atoms with Gasteiger partial charge in [-0.25, -0.2) is 0 Å². The molecule has 0 radical (unpaired) electrons. The third-order valence-corrected chi connectivity index (χ3v) is 6.60. The van der Waals surface area contributed by atoms with Crippen LogP contribution in [0.25, 0.3) is 0 Å². The molecule has 0 fully saturated rings.